The third-order valence-electron chi connectivity index (χ3n) is 5.90. The third-order valence-corrected chi connectivity index (χ3v) is 5.90. The quantitative estimate of drug-likeness (QED) is 0.423. The summed E-state index contributed by atoms with van der Waals surface area (Å²) in [7, 11) is 0. The second-order valence-electron chi connectivity index (χ2n) is 8.06. The molecule has 0 aliphatic rings. The first kappa shape index (κ1) is 20.7. The van der Waals surface area contributed by atoms with Gasteiger partial charge in [0, 0.05) is 28.5 Å². The van der Waals surface area contributed by atoms with E-state index in [1.165, 1.54) is 10.2 Å². The molecular formula is C27H24N4O2. The molecule has 164 valence electrons. The molecule has 2 heterocycles. The molecule has 5 rings (SSSR count). The van der Waals surface area contributed by atoms with Crippen LogP contribution >= 0.6 is 0 Å². The Kier molecular flexibility index (Phi) is 5.48. The van der Waals surface area contributed by atoms with Gasteiger partial charge in [-0.3, -0.25) is 9.59 Å². The average Bonchev–Trinajstić information content (AvgIpc) is 3.16. The van der Waals surface area contributed by atoms with E-state index in [0.29, 0.717) is 17.7 Å². The van der Waals surface area contributed by atoms with Crippen molar-refractivity contribution >= 4 is 33.4 Å². The standard InChI is InChI=1S/C27H24N4O2/c1-2-19-12-14-21(15-13-19)29-25(32)18-31-27(33)26-23(16-28-31)22-10-6-7-11-24(22)30(26)17-20-8-4-3-5-9-20/h3-16H,2,17-18H2,1H3,(H,29,32). The van der Waals surface area contributed by atoms with Crippen LogP contribution in [0.5, 0.6) is 0 Å². The monoisotopic (exact) mass is 436 g/mol. The van der Waals surface area contributed by atoms with E-state index >= 15 is 0 Å². The minimum atomic E-state index is -0.293. The van der Waals surface area contributed by atoms with E-state index < -0.39 is 0 Å². The Hall–Kier alpha value is -4.19. The van der Waals surface area contributed by atoms with Gasteiger partial charge < -0.3 is 9.88 Å². The van der Waals surface area contributed by atoms with Crippen molar-refractivity contribution < 1.29 is 4.79 Å². The molecule has 33 heavy (non-hydrogen) atoms. The van der Waals surface area contributed by atoms with E-state index in [2.05, 4.69) is 17.3 Å². The van der Waals surface area contributed by atoms with Crippen LogP contribution in [0.3, 0.4) is 0 Å². The number of anilines is 1. The fourth-order valence-electron chi connectivity index (χ4n) is 4.20. The van der Waals surface area contributed by atoms with Gasteiger partial charge in [0.05, 0.1) is 6.20 Å². The van der Waals surface area contributed by atoms with E-state index in [9.17, 15) is 9.59 Å². The maximum atomic E-state index is 13.5. The van der Waals surface area contributed by atoms with Crippen LogP contribution in [0.1, 0.15) is 18.1 Å². The highest BCUT2D eigenvalue weighted by Gasteiger charge is 2.17. The predicted octanol–water partition coefficient (Wildman–Crippen LogP) is 4.60. The van der Waals surface area contributed by atoms with Crippen LogP contribution in [0.15, 0.2) is 89.9 Å². The van der Waals surface area contributed by atoms with Gasteiger partial charge in [-0.15, -0.1) is 0 Å². The SMILES string of the molecule is CCc1ccc(NC(=O)Cn2ncc3c4ccccc4n(Cc4ccccc4)c3c2=O)cc1. The van der Waals surface area contributed by atoms with E-state index in [1.807, 2.05) is 83.4 Å². The molecule has 1 amide bonds. The van der Waals surface area contributed by atoms with Crippen molar-refractivity contribution in [3.05, 3.63) is 107 Å². The molecule has 2 aromatic heterocycles. The summed E-state index contributed by atoms with van der Waals surface area (Å²) in [5.41, 5.74) is 4.23. The minimum absolute atomic E-state index is 0.156. The molecule has 0 saturated heterocycles. The van der Waals surface area contributed by atoms with Gasteiger partial charge in [0.1, 0.15) is 12.1 Å². The van der Waals surface area contributed by atoms with Crippen LogP contribution in [0.2, 0.25) is 0 Å². The maximum Gasteiger partial charge on any atom is 0.291 e. The Balaban J connectivity index is 1.52. The molecule has 0 aliphatic carbocycles. The molecule has 0 bridgehead atoms. The number of aromatic nitrogens is 3. The van der Waals surface area contributed by atoms with Crippen LogP contribution in [-0.2, 0) is 24.3 Å². The summed E-state index contributed by atoms with van der Waals surface area (Å²) in [5.74, 6) is -0.293. The lowest BCUT2D eigenvalue weighted by molar-refractivity contribution is -0.117. The summed E-state index contributed by atoms with van der Waals surface area (Å²) >= 11 is 0. The van der Waals surface area contributed by atoms with E-state index in [0.717, 1.165) is 28.3 Å². The van der Waals surface area contributed by atoms with Crippen molar-refractivity contribution in [3.63, 3.8) is 0 Å². The highest BCUT2D eigenvalue weighted by Crippen LogP contribution is 2.27. The fraction of sp³-hybridized carbons (Fsp3) is 0.148. The Morgan fingerprint density at radius 1 is 0.879 bits per heavy atom. The molecule has 0 aliphatic heterocycles. The molecule has 0 radical (unpaired) electrons. The van der Waals surface area contributed by atoms with Gasteiger partial charge in [-0.05, 0) is 35.7 Å². The fourth-order valence-corrected chi connectivity index (χ4v) is 4.20. The van der Waals surface area contributed by atoms with Crippen molar-refractivity contribution in [1.82, 2.24) is 14.3 Å². The zero-order valence-corrected chi connectivity index (χ0v) is 18.4. The van der Waals surface area contributed by atoms with Crippen molar-refractivity contribution in [3.8, 4) is 0 Å². The molecule has 0 atom stereocenters. The van der Waals surface area contributed by atoms with Crippen LogP contribution in [0.4, 0.5) is 5.69 Å². The van der Waals surface area contributed by atoms with Gasteiger partial charge in [-0.25, -0.2) is 4.68 Å². The minimum Gasteiger partial charge on any atom is -0.331 e. The first-order valence-electron chi connectivity index (χ1n) is 11.0. The van der Waals surface area contributed by atoms with Crippen molar-refractivity contribution in [2.45, 2.75) is 26.4 Å². The van der Waals surface area contributed by atoms with Crippen LogP contribution in [0.25, 0.3) is 21.8 Å². The lowest BCUT2D eigenvalue weighted by atomic mass is 10.1. The lowest BCUT2D eigenvalue weighted by Crippen LogP contribution is -2.30. The number of rotatable bonds is 6. The smallest absolute Gasteiger partial charge is 0.291 e. The number of fused-ring (bicyclic) bond motifs is 3. The highest BCUT2D eigenvalue weighted by atomic mass is 16.2. The van der Waals surface area contributed by atoms with Gasteiger partial charge in [0.15, 0.2) is 0 Å². The number of nitrogens with one attached hydrogen (secondary N) is 1. The van der Waals surface area contributed by atoms with Gasteiger partial charge in [0.25, 0.3) is 5.56 Å². The summed E-state index contributed by atoms with van der Waals surface area (Å²) in [6.45, 7) is 2.48. The van der Waals surface area contributed by atoms with Crippen molar-refractivity contribution in [2.24, 2.45) is 0 Å². The second-order valence-corrected chi connectivity index (χ2v) is 8.06. The van der Waals surface area contributed by atoms with Gasteiger partial charge >= 0.3 is 0 Å². The molecule has 1 N–H and O–H groups in total. The topological polar surface area (TPSA) is 68.9 Å². The number of aryl methyl sites for hydroxylation is 1. The number of nitrogens with zero attached hydrogens (tertiary/aromatic N) is 3. The van der Waals surface area contributed by atoms with Crippen LogP contribution in [0, 0.1) is 0 Å². The van der Waals surface area contributed by atoms with Crippen molar-refractivity contribution in [1.29, 1.82) is 0 Å². The largest absolute Gasteiger partial charge is 0.331 e. The second kappa shape index (κ2) is 8.74. The highest BCUT2D eigenvalue weighted by molar-refractivity contribution is 6.07. The average molecular weight is 437 g/mol. The van der Waals surface area contributed by atoms with Gasteiger partial charge in [-0.1, -0.05) is 67.6 Å². The van der Waals surface area contributed by atoms with Gasteiger partial charge in [-0.2, -0.15) is 5.10 Å². The normalized spacial score (nSPS) is 11.2. The summed E-state index contributed by atoms with van der Waals surface area (Å²) in [5, 5.41) is 8.93. The Labute approximate surface area is 191 Å². The molecular weight excluding hydrogens is 412 g/mol. The molecule has 5 aromatic rings. The summed E-state index contributed by atoms with van der Waals surface area (Å²) < 4.78 is 3.25. The van der Waals surface area contributed by atoms with Crippen LogP contribution < -0.4 is 10.9 Å². The third kappa shape index (κ3) is 4.03. The maximum absolute atomic E-state index is 13.5. The first-order chi connectivity index (χ1) is 16.1. The number of hydrogen-bond acceptors (Lipinski definition) is 3. The zero-order valence-electron chi connectivity index (χ0n) is 18.4. The molecule has 0 unspecified atom stereocenters. The number of para-hydroxylation sites is 1. The van der Waals surface area contributed by atoms with Gasteiger partial charge in [0.2, 0.25) is 5.91 Å². The first-order valence-corrected chi connectivity index (χ1v) is 11.0. The molecule has 0 spiro atoms. The number of amides is 1. The van der Waals surface area contributed by atoms with Crippen LogP contribution in [-0.4, -0.2) is 20.3 Å². The van der Waals surface area contributed by atoms with E-state index in [1.54, 1.807) is 6.20 Å². The van der Waals surface area contributed by atoms with E-state index in [-0.39, 0.29) is 18.0 Å². The molecule has 6 heteroatoms. The van der Waals surface area contributed by atoms with Crippen molar-refractivity contribution in [2.75, 3.05) is 5.32 Å². The summed E-state index contributed by atoms with van der Waals surface area (Å²) in [4.78, 5) is 26.1. The lowest BCUT2D eigenvalue weighted by Gasteiger charge is -2.10. The number of benzene rings is 3. The Morgan fingerprint density at radius 3 is 2.36 bits per heavy atom. The summed E-state index contributed by atoms with van der Waals surface area (Å²) in [6, 6.07) is 25.6. The van der Waals surface area contributed by atoms with E-state index in [4.69, 9.17) is 0 Å². The number of carbonyl (C=O) groups excluding carboxylic acids is 1. The Morgan fingerprint density at radius 2 is 1.61 bits per heavy atom. The summed E-state index contributed by atoms with van der Waals surface area (Å²) in [6.07, 6.45) is 2.62. The molecule has 3 aromatic carbocycles. The molecule has 0 fully saturated rings. The Bertz CT molecular complexity index is 1500. The molecule has 0 saturated carbocycles. The predicted molar refractivity (Wildman–Crippen MR) is 131 cm³/mol. The number of carbonyl (C=O) groups is 1. The zero-order chi connectivity index (χ0) is 22.8. The number of hydrogen-bond donors (Lipinski definition) is 1. The molecule has 6 nitrogen and oxygen atoms in total.